The van der Waals surface area contributed by atoms with Gasteiger partial charge in [0.2, 0.25) is 11.7 Å². The lowest BCUT2D eigenvalue weighted by molar-refractivity contribution is 0.0769. The van der Waals surface area contributed by atoms with Crippen LogP contribution in [0.25, 0.3) is 11.4 Å². The summed E-state index contributed by atoms with van der Waals surface area (Å²) in [4.78, 5) is 18.3. The van der Waals surface area contributed by atoms with Gasteiger partial charge in [-0.25, -0.2) is 0 Å². The summed E-state index contributed by atoms with van der Waals surface area (Å²) < 4.78 is 10.4. The molecule has 0 saturated carbocycles. The summed E-state index contributed by atoms with van der Waals surface area (Å²) in [6, 6.07) is 14.2. The number of hydrogen-bond acceptors (Lipinski definition) is 5. The zero-order valence-electron chi connectivity index (χ0n) is 13.8. The summed E-state index contributed by atoms with van der Waals surface area (Å²) in [7, 11) is 3.23. The van der Waals surface area contributed by atoms with Gasteiger partial charge in [-0.3, -0.25) is 4.79 Å². The second-order valence-electron chi connectivity index (χ2n) is 5.38. The highest BCUT2D eigenvalue weighted by Crippen LogP contribution is 2.25. The number of methoxy groups -OCH3 is 1. The molecular weight excluding hydrogens is 342 g/mol. The summed E-state index contributed by atoms with van der Waals surface area (Å²) in [6.07, 6.45) is 0. The largest absolute Gasteiger partial charge is 0.497 e. The maximum Gasteiger partial charge on any atom is 0.254 e. The first kappa shape index (κ1) is 17.0. The number of hydrogen-bond donors (Lipinski definition) is 0. The van der Waals surface area contributed by atoms with E-state index in [4.69, 9.17) is 20.9 Å². The van der Waals surface area contributed by atoms with Crippen molar-refractivity contribution in [3.05, 3.63) is 65.0 Å². The molecule has 0 spiro atoms. The molecule has 0 aliphatic carbocycles. The van der Waals surface area contributed by atoms with Gasteiger partial charge in [0.05, 0.1) is 18.7 Å². The molecule has 1 amide bonds. The molecule has 0 fully saturated rings. The molecule has 0 atom stereocenters. The number of benzene rings is 2. The van der Waals surface area contributed by atoms with Crippen molar-refractivity contribution in [2.75, 3.05) is 14.2 Å². The minimum atomic E-state index is -0.170. The first-order valence-electron chi connectivity index (χ1n) is 7.55. The number of ether oxygens (including phenoxy) is 1. The van der Waals surface area contributed by atoms with Crippen LogP contribution in [0.1, 0.15) is 16.2 Å². The number of aromatic nitrogens is 2. The van der Waals surface area contributed by atoms with E-state index >= 15 is 0 Å². The van der Waals surface area contributed by atoms with Crippen molar-refractivity contribution in [2.45, 2.75) is 6.54 Å². The molecule has 3 aromatic rings. The highest BCUT2D eigenvalue weighted by molar-refractivity contribution is 6.33. The van der Waals surface area contributed by atoms with E-state index in [-0.39, 0.29) is 12.5 Å². The van der Waals surface area contributed by atoms with E-state index in [0.29, 0.717) is 33.6 Å². The van der Waals surface area contributed by atoms with Crippen LogP contribution in [0, 0.1) is 0 Å². The smallest absolute Gasteiger partial charge is 0.254 e. The fraction of sp³-hybridized carbons (Fsp3) is 0.167. The first-order valence-corrected chi connectivity index (χ1v) is 7.93. The van der Waals surface area contributed by atoms with Gasteiger partial charge in [-0.2, -0.15) is 4.98 Å². The molecule has 3 rings (SSSR count). The van der Waals surface area contributed by atoms with Crippen molar-refractivity contribution < 1.29 is 14.1 Å². The van der Waals surface area contributed by atoms with Crippen molar-refractivity contribution in [2.24, 2.45) is 0 Å². The standard InChI is InChI=1S/C18H16ClN3O3/c1-22(18(23)12-6-5-7-13(10-12)24-2)11-16-20-17(21-25-16)14-8-3-4-9-15(14)19/h3-10H,11H2,1-2H3. The summed E-state index contributed by atoms with van der Waals surface area (Å²) in [5.41, 5.74) is 1.20. The molecule has 1 heterocycles. The molecule has 0 aliphatic rings. The van der Waals surface area contributed by atoms with Gasteiger partial charge >= 0.3 is 0 Å². The van der Waals surface area contributed by atoms with Gasteiger partial charge < -0.3 is 14.2 Å². The lowest BCUT2D eigenvalue weighted by Gasteiger charge is -2.15. The summed E-state index contributed by atoms with van der Waals surface area (Å²) in [6.45, 7) is 0.188. The Morgan fingerprint density at radius 1 is 1.24 bits per heavy atom. The third kappa shape index (κ3) is 3.80. The number of nitrogens with zero attached hydrogens (tertiary/aromatic N) is 3. The third-order valence-corrected chi connectivity index (χ3v) is 3.95. The molecular formula is C18H16ClN3O3. The van der Waals surface area contributed by atoms with Gasteiger partial charge in [0.1, 0.15) is 5.75 Å². The Kier molecular flexibility index (Phi) is 5.00. The predicted octanol–water partition coefficient (Wildman–Crippen LogP) is 3.67. The molecule has 0 saturated heterocycles. The minimum absolute atomic E-state index is 0.170. The number of carbonyl (C=O) groups excluding carboxylic acids is 1. The molecule has 0 N–H and O–H groups in total. The van der Waals surface area contributed by atoms with Crippen molar-refractivity contribution in [1.29, 1.82) is 0 Å². The van der Waals surface area contributed by atoms with E-state index in [1.165, 1.54) is 4.90 Å². The van der Waals surface area contributed by atoms with E-state index in [1.807, 2.05) is 18.2 Å². The number of halogens is 1. The topological polar surface area (TPSA) is 68.5 Å². The Morgan fingerprint density at radius 3 is 2.80 bits per heavy atom. The van der Waals surface area contributed by atoms with Crippen LogP contribution in [0.15, 0.2) is 53.1 Å². The molecule has 1 aromatic heterocycles. The van der Waals surface area contributed by atoms with E-state index in [1.54, 1.807) is 44.5 Å². The Bertz CT molecular complexity index is 895. The summed E-state index contributed by atoms with van der Waals surface area (Å²) in [5.74, 6) is 1.17. The second-order valence-corrected chi connectivity index (χ2v) is 5.79. The van der Waals surface area contributed by atoms with Crippen LogP contribution in [0.2, 0.25) is 5.02 Å². The molecule has 25 heavy (non-hydrogen) atoms. The van der Waals surface area contributed by atoms with Gasteiger partial charge in [0, 0.05) is 18.2 Å². The predicted molar refractivity (Wildman–Crippen MR) is 93.5 cm³/mol. The van der Waals surface area contributed by atoms with Crippen LogP contribution in [0.4, 0.5) is 0 Å². The molecule has 0 unspecified atom stereocenters. The van der Waals surface area contributed by atoms with E-state index in [9.17, 15) is 4.79 Å². The van der Waals surface area contributed by atoms with Crippen molar-refractivity contribution in [3.8, 4) is 17.1 Å². The van der Waals surface area contributed by atoms with E-state index in [0.717, 1.165) is 0 Å². The summed E-state index contributed by atoms with van der Waals surface area (Å²) >= 11 is 6.13. The Labute approximate surface area is 150 Å². The van der Waals surface area contributed by atoms with Crippen LogP contribution in [0.3, 0.4) is 0 Å². The quantitative estimate of drug-likeness (QED) is 0.696. The van der Waals surface area contributed by atoms with E-state index < -0.39 is 0 Å². The van der Waals surface area contributed by atoms with Crippen molar-refractivity contribution >= 4 is 17.5 Å². The van der Waals surface area contributed by atoms with Gasteiger partial charge in [0.15, 0.2) is 0 Å². The number of rotatable bonds is 5. The van der Waals surface area contributed by atoms with Gasteiger partial charge in [-0.05, 0) is 30.3 Å². The maximum absolute atomic E-state index is 12.5. The zero-order chi connectivity index (χ0) is 17.8. The number of amides is 1. The summed E-state index contributed by atoms with van der Waals surface area (Å²) in [5, 5.41) is 4.47. The normalized spacial score (nSPS) is 10.5. The van der Waals surface area contributed by atoms with Gasteiger partial charge in [0.25, 0.3) is 5.91 Å². The Hall–Kier alpha value is -2.86. The Morgan fingerprint density at radius 2 is 2.04 bits per heavy atom. The molecule has 0 bridgehead atoms. The zero-order valence-corrected chi connectivity index (χ0v) is 14.5. The van der Waals surface area contributed by atoms with Gasteiger partial charge in [-0.1, -0.05) is 35.0 Å². The molecule has 0 radical (unpaired) electrons. The average molecular weight is 358 g/mol. The molecule has 7 heteroatoms. The molecule has 2 aromatic carbocycles. The second kappa shape index (κ2) is 7.36. The SMILES string of the molecule is COc1cccc(C(=O)N(C)Cc2nc(-c3ccccc3Cl)no2)c1. The maximum atomic E-state index is 12.5. The lowest BCUT2D eigenvalue weighted by atomic mass is 10.2. The number of carbonyl (C=O) groups is 1. The van der Waals surface area contributed by atoms with Crippen LogP contribution < -0.4 is 4.74 Å². The highest BCUT2D eigenvalue weighted by atomic mass is 35.5. The van der Waals surface area contributed by atoms with Crippen LogP contribution >= 0.6 is 11.6 Å². The van der Waals surface area contributed by atoms with Crippen molar-refractivity contribution in [1.82, 2.24) is 15.0 Å². The fourth-order valence-electron chi connectivity index (χ4n) is 2.32. The lowest BCUT2D eigenvalue weighted by Crippen LogP contribution is -2.26. The van der Waals surface area contributed by atoms with Gasteiger partial charge in [-0.15, -0.1) is 0 Å². The fourth-order valence-corrected chi connectivity index (χ4v) is 2.54. The first-order chi connectivity index (χ1) is 12.1. The minimum Gasteiger partial charge on any atom is -0.497 e. The van der Waals surface area contributed by atoms with Crippen molar-refractivity contribution in [3.63, 3.8) is 0 Å². The Balaban J connectivity index is 1.74. The van der Waals surface area contributed by atoms with Crippen LogP contribution in [-0.2, 0) is 6.54 Å². The molecule has 0 aliphatic heterocycles. The highest BCUT2D eigenvalue weighted by Gasteiger charge is 2.17. The molecule has 128 valence electrons. The third-order valence-electron chi connectivity index (χ3n) is 3.62. The van der Waals surface area contributed by atoms with E-state index in [2.05, 4.69) is 10.1 Å². The van der Waals surface area contributed by atoms with Crippen LogP contribution in [-0.4, -0.2) is 35.1 Å². The average Bonchev–Trinajstić information content (AvgIpc) is 3.09. The monoisotopic (exact) mass is 357 g/mol. The van der Waals surface area contributed by atoms with Crippen LogP contribution in [0.5, 0.6) is 5.75 Å². The molecule has 6 nitrogen and oxygen atoms in total.